The highest BCUT2D eigenvalue weighted by molar-refractivity contribution is 5.90. The van der Waals surface area contributed by atoms with Gasteiger partial charge in [-0.3, -0.25) is 0 Å². The Morgan fingerprint density at radius 3 is 2.67 bits per heavy atom. The van der Waals surface area contributed by atoms with Crippen LogP contribution in [0.1, 0.15) is 22.5 Å². The number of hydrogen-bond donors (Lipinski definition) is 0. The van der Waals surface area contributed by atoms with Crippen LogP contribution in [0.15, 0.2) is 48.5 Å². The Bertz CT molecular complexity index is 1110. The second kappa shape index (κ2) is 6.65. The third-order valence-corrected chi connectivity index (χ3v) is 4.67. The molecule has 0 amide bonds. The summed E-state index contributed by atoms with van der Waals surface area (Å²) >= 11 is 0. The lowest BCUT2D eigenvalue weighted by molar-refractivity contribution is 0.174. The molecule has 0 atom stereocenters. The molecular formula is C22H17FN2O2. The SMILES string of the molecule is Cc1cc(C=C(C#N)c2ccccc2F)c(C)n1-c1ccc2c(c1)OCO2. The highest BCUT2D eigenvalue weighted by atomic mass is 19.1. The van der Waals surface area contributed by atoms with Gasteiger partial charge in [-0.1, -0.05) is 18.2 Å². The van der Waals surface area contributed by atoms with Crippen LogP contribution in [0.4, 0.5) is 4.39 Å². The summed E-state index contributed by atoms with van der Waals surface area (Å²) in [5, 5.41) is 9.53. The normalized spacial score (nSPS) is 12.9. The van der Waals surface area contributed by atoms with Crippen molar-refractivity contribution in [1.82, 2.24) is 4.57 Å². The number of aromatic nitrogens is 1. The van der Waals surface area contributed by atoms with E-state index in [4.69, 9.17) is 9.47 Å². The lowest BCUT2D eigenvalue weighted by Gasteiger charge is -2.10. The fourth-order valence-electron chi connectivity index (χ4n) is 3.36. The van der Waals surface area contributed by atoms with Crippen LogP contribution in [0, 0.1) is 31.0 Å². The molecule has 2 aromatic carbocycles. The van der Waals surface area contributed by atoms with Crippen LogP contribution in [-0.2, 0) is 0 Å². The molecule has 0 fully saturated rings. The van der Waals surface area contributed by atoms with Gasteiger partial charge in [0, 0.05) is 28.7 Å². The topological polar surface area (TPSA) is 47.2 Å². The van der Waals surface area contributed by atoms with E-state index in [1.54, 1.807) is 24.3 Å². The average Bonchev–Trinajstić information content (AvgIpc) is 3.24. The van der Waals surface area contributed by atoms with Crippen LogP contribution < -0.4 is 9.47 Å². The predicted octanol–water partition coefficient (Wildman–Crippen LogP) is 5.03. The number of nitriles is 1. The molecule has 0 spiro atoms. The Hall–Kier alpha value is -3.52. The van der Waals surface area contributed by atoms with Gasteiger partial charge in [-0.05, 0) is 49.8 Å². The summed E-state index contributed by atoms with van der Waals surface area (Å²) in [7, 11) is 0. The van der Waals surface area contributed by atoms with Gasteiger partial charge in [0.2, 0.25) is 6.79 Å². The third-order valence-electron chi connectivity index (χ3n) is 4.67. The van der Waals surface area contributed by atoms with E-state index in [9.17, 15) is 9.65 Å². The van der Waals surface area contributed by atoms with Gasteiger partial charge in [0.15, 0.2) is 11.5 Å². The maximum absolute atomic E-state index is 14.1. The first-order valence-corrected chi connectivity index (χ1v) is 8.54. The summed E-state index contributed by atoms with van der Waals surface area (Å²) in [4.78, 5) is 0. The van der Waals surface area contributed by atoms with Crippen molar-refractivity contribution in [3.8, 4) is 23.3 Å². The standard InChI is InChI=1S/C22H17FN2O2/c1-14-9-16(10-17(12-24)19-5-3-4-6-20(19)23)15(2)25(14)18-7-8-21-22(11-18)27-13-26-21/h3-11H,13H2,1-2H3. The first-order chi connectivity index (χ1) is 13.1. The maximum Gasteiger partial charge on any atom is 0.231 e. The van der Waals surface area contributed by atoms with Crippen molar-refractivity contribution in [2.24, 2.45) is 0 Å². The molecule has 3 aromatic rings. The summed E-state index contributed by atoms with van der Waals surface area (Å²) in [6.45, 7) is 4.19. The van der Waals surface area contributed by atoms with Gasteiger partial charge in [0.1, 0.15) is 5.82 Å². The Kier molecular flexibility index (Phi) is 4.17. The van der Waals surface area contributed by atoms with Crippen molar-refractivity contribution in [2.75, 3.05) is 6.79 Å². The molecule has 1 aliphatic heterocycles. The van der Waals surface area contributed by atoms with E-state index < -0.39 is 5.82 Å². The molecule has 0 bridgehead atoms. The summed E-state index contributed by atoms with van der Waals surface area (Å²) in [5.41, 5.74) is 4.36. The molecule has 1 aliphatic rings. The predicted molar refractivity (Wildman–Crippen MR) is 101 cm³/mol. The first-order valence-electron chi connectivity index (χ1n) is 8.54. The molecule has 0 unspecified atom stereocenters. The number of allylic oxidation sites excluding steroid dienone is 1. The number of rotatable bonds is 3. The minimum atomic E-state index is -0.408. The van der Waals surface area contributed by atoms with E-state index in [0.29, 0.717) is 16.9 Å². The fourth-order valence-corrected chi connectivity index (χ4v) is 3.36. The van der Waals surface area contributed by atoms with Crippen molar-refractivity contribution >= 4 is 11.6 Å². The molecule has 134 valence electrons. The number of aryl methyl sites for hydroxylation is 1. The Labute approximate surface area is 156 Å². The fraction of sp³-hybridized carbons (Fsp3) is 0.136. The van der Waals surface area contributed by atoms with Crippen LogP contribution in [0.3, 0.4) is 0 Å². The molecule has 0 saturated heterocycles. The smallest absolute Gasteiger partial charge is 0.231 e. The van der Waals surface area contributed by atoms with E-state index in [-0.39, 0.29) is 6.79 Å². The lowest BCUT2D eigenvalue weighted by Crippen LogP contribution is -1.99. The van der Waals surface area contributed by atoms with Crippen molar-refractivity contribution in [3.05, 3.63) is 76.9 Å². The van der Waals surface area contributed by atoms with Crippen molar-refractivity contribution in [1.29, 1.82) is 5.26 Å². The second-order valence-electron chi connectivity index (χ2n) is 6.35. The number of hydrogen-bond acceptors (Lipinski definition) is 3. The molecule has 2 heterocycles. The van der Waals surface area contributed by atoms with Crippen LogP contribution in [-0.4, -0.2) is 11.4 Å². The van der Waals surface area contributed by atoms with E-state index in [1.165, 1.54) is 6.07 Å². The van der Waals surface area contributed by atoms with Crippen molar-refractivity contribution in [2.45, 2.75) is 13.8 Å². The summed E-state index contributed by atoms with van der Waals surface area (Å²) in [5.74, 6) is 1.03. The molecule has 0 radical (unpaired) electrons. The van der Waals surface area contributed by atoms with Gasteiger partial charge in [-0.2, -0.15) is 5.26 Å². The molecule has 0 saturated carbocycles. The third kappa shape index (κ3) is 2.96. The molecular weight excluding hydrogens is 343 g/mol. The summed E-state index contributed by atoms with van der Waals surface area (Å²) in [6.07, 6.45) is 1.73. The Balaban J connectivity index is 1.79. The van der Waals surface area contributed by atoms with E-state index in [2.05, 4.69) is 10.6 Å². The zero-order valence-electron chi connectivity index (χ0n) is 15.0. The summed E-state index contributed by atoms with van der Waals surface area (Å²) in [6, 6.07) is 16.2. The van der Waals surface area contributed by atoms with E-state index >= 15 is 0 Å². The van der Waals surface area contributed by atoms with Crippen LogP contribution in [0.25, 0.3) is 17.3 Å². The highest BCUT2D eigenvalue weighted by Crippen LogP contribution is 2.35. The molecule has 0 N–H and O–H groups in total. The highest BCUT2D eigenvalue weighted by Gasteiger charge is 2.17. The second-order valence-corrected chi connectivity index (χ2v) is 6.35. The van der Waals surface area contributed by atoms with Crippen LogP contribution in [0.2, 0.25) is 0 Å². The van der Waals surface area contributed by atoms with Gasteiger partial charge in [0.25, 0.3) is 0 Å². The van der Waals surface area contributed by atoms with Crippen molar-refractivity contribution < 1.29 is 13.9 Å². The number of nitrogens with zero attached hydrogens (tertiary/aromatic N) is 2. The molecule has 4 nitrogen and oxygen atoms in total. The molecule has 1 aromatic heterocycles. The summed E-state index contributed by atoms with van der Waals surface area (Å²) < 4.78 is 27.0. The largest absolute Gasteiger partial charge is 0.454 e. The van der Waals surface area contributed by atoms with Crippen LogP contribution in [0.5, 0.6) is 11.5 Å². The molecule has 0 aliphatic carbocycles. The zero-order valence-corrected chi connectivity index (χ0v) is 15.0. The van der Waals surface area contributed by atoms with Gasteiger partial charge in [-0.25, -0.2) is 4.39 Å². The van der Waals surface area contributed by atoms with Gasteiger partial charge in [-0.15, -0.1) is 0 Å². The quantitative estimate of drug-likeness (QED) is 0.616. The average molecular weight is 360 g/mol. The molecule has 27 heavy (non-hydrogen) atoms. The monoisotopic (exact) mass is 360 g/mol. The lowest BCUT2D eigenvalue weighted by atomic mass is 10.0. The van der Waals surface area contributed by atoms with Gasteiger partial charge >= 0.3 is 0 Å². The van der Waals surface area contributed by atoms with E-state index in [1.807, 2.05) is 38.1 Å². The zero-order chi connectivity index (χ0) is 19.0. The van der Waals surface area contributed by atoms with Crippen LogP contribution >= 0.6 is 0 Å². The first kappa shape index (κ1) is 16.9. The van der Waals surface area contributed by atoms with Gasteiger partial charge < -0.3 is 14.0 Å². The number of ether oxygens (including phenoxy) is 2. The molecule has 4 rings (SSSR count). The number of benzene rings is 2. The molecule has 5 heteroatoms. The number of halogens is 1. The van der Waals surface area contributed by atoms with Crippen molar-refractivity contribution in [3.63, 3.8) is 0 Å². The Morgan fingerprint density at radius 2 is 1.89 bits per heavy atom. The minimum absolute atomic E-state index is 0.227. The van der Waals surface area contributed by atoms with E-state index in [0.717, 1.165) is 28.4 Å². The minimum Gasteiger partial charge on any atom is -0.454 e. The Morgan fingerprint density at radius 1 is 1.11 bits per heavy atom. The maximum atomic E-state index is 14.1. The number of fused-ring (bicyclic) bond motifs is 1. The van der Waals surface area contributed by atoms with Gasteiger partial charge in [0.05, 0.1) is 11.6 Å².